The number of fused-ring (bicyclic) bond motifs is 1. The molecule has 0 bridgehead atoms. The van der Waals surface area contributed by atoms with Crippen molar-refractivity contribution in [2.24, 2.45) is 5.73 Å². The summed E-state index contributed by atoms with van der Waals surface area (Å²) in [6.07, 6.45) is 8.89. The Balaban J connectivity index is 2.22. The summed E-state index contributed by atoms with van der Waals surface area (Å²) in [7, 11) is 0. The normalized spacial score (nSPS) is 18.6. The lowest BCUT2D eigenvalue weighted by Crippen LogP contribution is -2.32. The van der Waals surface area contributed by atoms with Crippen molar-refractivity contribution in [1.82, 2.24) is 4.98 Å². The molecule has 0 amide bonds. The van der Waals surface area contributed by atoms with Gasteiger partial charge in [-0.15, -0.1) is 0 Å². The highest BCUT2D eigenvalue weighted by Gasteiger charge is 2.35. The van der Waals surface area contributed by atoms with Crippen molar-refractivity contribution < 1.29 is 0 Å². The first-order valence-electron chi connectivity index (χ1n) is 6.39. The molecule has 0 radical (unpaired) electrons. The van der Waals surface area contributed by atoms with Crippen LogP contribution < -0.4 is 5.73 Å². The molecule has 0 saturated heterocycles. The fourth-order valence-corrected chi connectivity index (χ4v) is 3.22. The summed E-state index contributed by atoms with van der Waals surface area (Å²) in [5.41, 5.74) is 7.71. The molecule has 0 spiro atoms. The van der Waals surface area contributed by atoms with Crippen molar-refractivity contribution in [2.45, 2.75) is 31.1 Å². The number of nitrogens with two attached hydrogens (primary N) is 1. The summed E-state index contributed by atoms with van der Waals surface area (Å²) in [5, 5.41) is 2.56. The van der Waals surface area contributed by atoms with Crippen LogP contribution in [0.15, 0.2) is 36.7 Å². The summed E-state index contributed by atoms with van der Waals surface area (Å²) in [5.74, 6) is 0. The fraction of sp³-hybridized carbons (Fsp3) is 0.400. The van der Waals surface area contributed by atoms with E-state index in [1.807, 2.05) is 12.4 Å². The van der Waals surface area contributed by atoms with Gasteiger partial charge in [-0.05, 0) is 29.9 Å². The van der Waals surface area contributed by atoms with Crippen molar-refractivity contribution in [3.8, 4) is 0 Å². The number of hydrogen-bond acceptors (Lipinski definition) is 2. The number of rotatable bonds is 2. The van der Waals surface area contributed by atoms with Crippen LogP contribution in [0.3, 0.4) is 0 Å². The number of aromatic nitrogens is 1. The summed E-state index contributed by atoms with van der Waals surface area (Å²) in [4.78, 5) is 4.20. The third-order valence-electron chi connectivity index (χ3n) is 4.20. The first-order valence-corrected chi connectivity index (χ1v) is 6.39. The monoisotopic (exact) mass is 226 g/mol. The van der Waals surface area contributed by atoms with Crippen LogP contribution in [0.25, 0.3) is 10.8 Å². The molecule has 2 aromatic rings. The molecular weight excluding hydrogens is 208 g/mol. The van der Waals surface area contributed by atoms with Crippen LogP contribution in [-0.2, 0) is 5.41 Å². The van der Waals surface area contributed by atoms with Crippen LogP contribution in [0.5, 0.6) is 0 Å². The second-order valence-electron chi connectivity index (χ2n) is 5.09. The maximum Gasteiger partial charge on any atom is 0.0346 e. The molecule has 2 N–H and O–H groups in total. The van der Waals surface area contributed by atoms with Gasteiger partial charge in [-0.2, -0.15) is 0 Å². The molecule has 1 aromatic heterocycles. The molecule has 1 aromatic carbocycles. The molecule has 0 aliphatic heterocycles. The molecule has 3 rings (SSSR count). The van der Waals surface area contributed by atoms with Crippen LogP contribution in [0.1, 0.15) is 31.2 Å². The quantitative estimate of drug-likeness (QED) is 0.855. The summed E-state index contributed by atoms with van der Waals surface area (Å²) < 4.78 is 0. The zero-order valence-corrected chi connectivity index (χ0v) is 10.0. The van der Waals surface area contributed by atoms with Gasteiger partial charge >= 0.3 is 0 Å². The standard InChI is InChI=1S/C15H18N2/c16-11-15(7-1-2-8-15)14-5-3-4-12-10-17-9-6-13(12)14/h3-6,9-10H,1-2,7-8,11,16H2. The Labute approximate surface area is 102 Å². The van der Waals surface area contributed by atoms with Gasteiger partial charge in [0.1, 0.15) is 0 Å². The van der Waals surface area contributed by atoms with E-state index in [2.05, 4.69) is 29.2 Å². The molecule has 1 aliphatic carbocycles. The van der Waals surface area contributed by atoms with Crippen molar-refractivity contribution in [2.75, 3.05) is 6.54 Å². The highest BCUT2D eigenvalue weighted by molar-refractivity contribution is 5.85. The van der Waals surface area contributed by atoms with E-state index >= 15 is 0 Å². The zero-order valence-electron chi connectivity index (χ0n) is 10.0. The van der Waals surface area contributed by atoms with Gasteiger partial charge in [0.25, 0.3) is 0 Å². The molecule has 2 nitrogen and oxygen atoms in total. The van der Waals surface area contributed by atoms with Crippen LogP contribution in [0.4, 0.5) is 0 Å². The van der Waals surface area contributed by atoms with E-state index in [9.17, 15) is 0 Å². The lowest BCUT2D eigenvalue weighted by molar-refractivity contribution is 0.457. The molecule has 0 unspecified atom stereocenters. The Hall–Kier alpha value is -1.41. The van der Waals surface area contributed by atoms with Gasteiger partial charge in [-0.25, -0.2) is 0 Å². The van der Waals surface area contributed by atoms with Gasteiger partial charge in [0.2, 0.25) is 0 Å². The Morgan fingerprint density at radius 3 is 2.76 bits per heavy atom. The smallest absolute Gasteiger partial charge is 0.0346 e. The van der Waals surface area contributed by atoms with Gasteiger partial charge in [-0.1, -0.05) is 31.0 Å². The van der Waals surface area contributed by atoms with E-state index in [0.29, 0.717) is 0 Å². The second-order valence-corrected chi connectivity index (χ2v) is 5.09. The van der Waals surface area contributed by atoms with E-state index in [1.165, 1.54) is 42.0 Å². The predicted octanol–water partition coefficient (Wildman–Crippen LogP) is 3.01. The lowest BCUT2D eigenvalue weighted by Gasteiger charge is -2.29. The first-order chi connectivity index (χ1) is 8.36. The van der Waals surface area contributed by atoms with Crippen LogP contribution in [0, 0.1) is 0 Å². The van der Waals surface area contributed by atoms with Crippen LogP contribution >= 0.6 is 0 Å². The molecule has 2 heteroatoms. The Kier molecular flexibility index (Phi) is 2.60. The molecule has 1 saturated carbocycles. The van der Waals surface area contributed by atoms with Crippen molar-refractivity contribution in [3.05, 3.63) is 42.2 Å². The largest absolute Gasteiger partial charge is 0.330 e. The van der Waals surface area contributed by atoms with E-state index in [0.717, 1.165) is 6.54 Å². The first kappa shape index (κ1) is 10.7. The van der Waals surface area contributed by atoms with Gasteiger partial charge < -0.3 is 5.73 Å². The molecule has 88 valence electrons. The minimum absolute atomic E-state index is 0.209. The van der Waals surface area contributed by atoms with Crippen LogP contribution in [0.2, 0.25) is 0 Å². The minimum atomic E-state index is 0.209. The number of pyridine rings is 1. The number of hydrogen-bond donors (Lipinski definition) is 1. The van der Waals surface area contributed by atoms with Crippen molar-refractivity contribution >= 4 is 10.8 Å². The Morgan fingerprint density at radius 1 is 1.18 bits per heavy atom. The van der Waals surface area contributed by atoms with E-state index in [-0.39, 0.29) is 5.41 Å². The molecule has 1 heterocycles. The molecule has 1 fully saturated rings. The van der Waals surface area contributed by atoms with Crippen molar-refractivity contribution in [3.63, 3.8) is 0 Å². The maximum absolute atomic E-state index is 6.08. The van der Waals surface area contributed by atoms with Gasteiger partial charge in [0.15, 0.2) is 0 Å². The van der Waals surface area contributed by atoms with Gasteiger partial charge in [0.05, 0.1) is 0 Å². The molecule has 17 heavy (non-hydrogen) atoms. The highest BCUT2D eigenvalue weighted by atomic mass is 14.6. The summed E-state index contributed by atoms with van der Waals surface area (Å²) in [6.45, 7) is 0.758. The van der Waals surface area contributed by atoms with E-state index in [4.69, 9.17) is 5.73 Å². The zero-order chi connectivity index (χ0) is 11.7. The average Bonchev–Trinajstić information content (AvgIpc) is 2.88. The molecule has 1 aliphatic rings. The molecule has 0 atom stereocenters. The van der Waals surface area contributed by atoms with Crippen LogP contribution in [-0.4, -0.2) is 11.5 Å². The van der Waals surface area contributed by atoms with E-state index < -0.39 is 0 Å². The SMILES string of the molecule is NCC1(c2cccc3cnccc23)CCCC1. The van der Waals surface area contributed by atoms with Gasteiger partial charge in [0, 0.05) is 29.7 Å². The summed E-state index contributed by atoms with van der Waals surface area (Å²) >= 11 is 0. The fourth-order valence-electron chi connectivity index (χ4n) is 3.22. The lowest BCUT2D eigenvalue weighted by atomic mass is 9.77. The average molecular weight is 226 g/mol. The highest BCUT2D eigenvalue weighted by Crippen LogP contribution is 2.42. The third kappa shape index (κ3) is 1.64. The maximum atomic E-state index is 6.08. The van der Waals surface area contributed by atoms with Gasteiger partial charge in [-0.3, -0.25) is 4.98 Å². The Morgan fingerprint density at radius 2 is 2.00 bits per heavy atom. The minimum Gasteiger partial charge on any atom is -0.330 e. The predicted molar refractivity (Wildman–Crippen MR) is 70.9 cm³/mol. The molecular formula is C15H18N2. The summed E-state index contributed by atoms with van der Waals surface area (Å²) in [6, 6.07) is 8.64. The Bertz CT molecular complexity index is 522. The second kappa shape index (κ2) is 4.11. The van der Waals surface area contributed by atoms with Crippen molar-refractivity contribution in [1.29, 1.82) is 0 Å². The van der Waals surface area contributed by atoms with E-state index in [1.54, 1.807) is 0 Å². The topological polar surface area (TPSA) is 38.9 Å². The number of benzene rings is 1. The third-order valence-corrected chi connectivity index (χ3v) is 4.20. The number of nitrogens with zero attached hydrogens (tertiary/aromatic N) is 1.